The molecule has 11 nitrogen and oxygen atoms in total. The number of para-hydroxylation sites is 3. The lowest BCUT2D eigenvalue weighted by Gasteiger charge is -2.39. The van der Waals surface area contributed by atoms with Crippen molar-refractivity contribution in [1.82, 2.24) is 19.9 Å². The fourth-order valence-electron chi connectivity index (χ4n) is 6.51. The Labute approximate surface area is 278 Å². The number of nitrogens with zero attached hydrogens (tertiary/aromatic N) is 5. The van der Waals surface area contributed by atoms with Crippen LogP contribution in [0.15, 0.2) is 77.6 Å². The van der Waals surface area contributed by atoms with Crippen molar-refractivity contribution in [3.05, 3.63) is 94.8 Å². The average molecular weight is 654 g/mol. The van der Waals surface area contributed by atoms with Gasteiger partial charge in [-0.15, -0.1) is 0 Å². The van der Waals surface area contributed by atoms with Crippen molar-refractivity contribution in [1.29, 1.82) is 0 Å². The second kappa shape index (κ2) is 13.6. The topological polar surface area (TPSA) is 112 Å². The Hall–Kier alpha value is -4.97. The van der Waals surface area contributed by atoms with E-state index in [9.17, 15) is 18.8 Å². The van der Waals surface area contributed by atoms with Gasteiger partial charge in [-0.1, -0.05) is 24.3 Å². The first kappa shape index (κ1) is 31.6. The first-order valence-corrected chi connectivity index (χ1v) is 16.7. The van der Waals surface area contributed by atoms with Crippen molar-refractivity contribution < 1.29 is 18.7 Å². The van der Waals surface area contributed by atoms with Gasteiger partial charge in [0.15, 0.2) is 5.82 Å². The molecule has 3 amide bonds. The Balaban J connectivity index is 1.27. The SMILES string of the molecule is CC(c1nc2ccccc2c(=O)n1N1CCN(C(=O)C2CCCN2)CC1)N(C(=O)Nc1ccc(F)cc1)c1ccccc1OCC1CC1. The van der Waals surface area contributed by atoms with Gasteiger partial charge in [0.1, 0.15) is 11.6 Å². The largest absolute Gasteiger partial charge is 0.491 e. The fraction of sp³-hybridized carbons (Fsp3) is 0.389. The first-order chi connectivity index (χ1) is 23.4. The van der Waals surface area contributed by atoms with Crippen molar-refractivity contribution in [3.8, 4) is 5.75 Å². The molecule has 7 rings (SSSR count). The van der Waals surface area contributed by atoms with Gasteiger partial charge in [0, 0.05) is 18.8 Å². The first-order valence-electron chi connectivity index (χ1n) is 16.7. The molecule has 12 heteroatoms. The summed E-state index contributed by atoms with van der Waals surface area (Å²) < 4.78 is 21.6. The quantitative estimate of drug-likeness (QED) is 0.271. The van der Waals surface area contributed by atoms with Crippen molar-refractivity contribution in [2.24, 2.45) is 5.92 Å². The number of hydrogen-bond acceptors (Lipinski definition) is 7. The number of halogens is 1. The van der Waals surface area contributed by atoms with Gasteiger partial charge in [-0.3, -0.25) is 14.5 Å². The number of benzene rings is 3. The van der Waals surface area contributed by atoms with E-state index in [4.69, 9.17) is 9.72 Å². The minimum absolute atomic E-state index is 0.0937. The predicted octanol–water partition coefficient (Wildman–Crippen LogP) is 4.66. The number of ether oxygens (including phenoxy) is 1. The third-order valence-electron chi connectivity index (χ3n) is 9.36. The molecule has 3 heterocycles. The minimum atomic E-state index is -0.768. The summed E-state index contributed by atoms with van der Waals surface area (Å²) in [4.78, 5) is 50.1. The van der Waals surface area contributed by atoms with Gasteiger partial charge in [0.05, 0.1) is 48.4 Å². The van der Waals surface area contributed by atoms with Crippen molar-refractivity contribution in [2.75, 3.05) is 54.6 Å². The van der Waals surface area contributed by atoms with E-state index in [1.54, 1.807) is 27.8 Å². The molecule has 0 radical (unpaired) electrons. The maximum atomic E-state index is 14.3. The Bertz CT molecular complexity index is 1850. The number of nitrogens with one attached hydrogen (secondary N) is 2. The zero-order chi connectivity index (χ0) is 33.2. The lowest BCUT2D eigenvalue weighted by Crippen LogP contribution is -2.58. The van der Waals surface area contributed by atoms with E-state index in [-0.39, 0.29) is 17.5 Å². The number of amides is 3. The number of carbonyl (C=O) groups excluding carboxylic acids is 2. The Morgan fingerprint density at radius 3 is 2.46 bits per heavy atom. The van der Waals surface area contributed by atoms with Crippen molar-refractivity contribution in [3.63, 3.8) is 0 Å². The van der Waals surface area contributed by atoms with E-state index < -0.39 is 17.9 Å². The Kier molecular flexibility index (Phi) is 8.98. The summed E-state index contributed by atoms with van der Waals surface area (Å²) in [5.74, 6) is 1.06. The molecule has 3 fully saturated rings. The molecule has 2 N–H and O–H groups in total. The number of urea groups is 1. The highest BCUT2D eigenvalue weighted by Crippen LogP contribution is 2.37. The van der Waals surface area contributed by atoms with E-state index in [1.807, 2.05) is 47.2 Å². The van der Waals surface area contributed by atoms with Gasteiger partial charge in [-0.2, -0.15) is 0 Å². The highest BCUT2D eigenvalue weighted by Gasteiger charge is 2.34. The molecule has 3 aliphatic rings. The van der Waals surface area contributed by atoms with Gasteiger partial charge < -0.3 is 25.3 Å². The van der Waals surface area contributed by atoms with Gasteiger partial charge in [0.2, 0.25) is 5.91 Å². The molecule has 1 aliphatic carbocycles. The van der Waals surface area contributed by atoms with E-state index in [2.05, 4.69) is 10.6 Å². The van der Waals surface area contributed by atoms with E-state index >= 15 is 0 Å². The third kappa shape index (κ3) is 6.57. The zero-order valence-electron chi connectivity index (χ0n) is 27.0. The molecule has 0 bridgehead atoms. The fourth-order valence-corrected chi connectivity index (χ4v) is 6.51. The summed E-state index contributed by atoms with van der Waals surface area (Å²) in [6.07, 6.45) is 4.03. The van der Waals surface area contributed by atoms with E-state index in [1.165, 1.54) is 24.3 Å². The summed E-state index contributed by atoms with van der Waals surface area (Å²) in [7, 11) is 0. The van der Waals surface area contributed by atoms with Gasteiger partial charge in [-0.25, -0.2) is 18.8 Å². The minimum Gasteiger partial charge on any atom is -0.491 e. The molecule has 2 saturated heterocycles. The standard InChI is InChI=1S/C36H40FN7O4/c1-24(43(36(47)39-27-16-14-26(37)15-17-27)31-10-4-5-11-32(31)48-23-25-12-13-25)33-40-29-8-3-2-7-28(29)34(45)44(33)42-21-19-41(20-22-42)35(46)30-9-6-18-38-30/h2-5,7-8,10-11,14-17,24-25,30,38H,6,9,12-13,18-23H2,1H3,(H,39,47). The molecule has 1 aromatic heterocycles. The van der Waals surface area contributed by atoms with Crippen LogP contribution in [0.1, 0.15) is 44.5 Å². The molecule has 1 saturated carbocycles. The number of carbonyl (C=O) groups is 2. The van der Waals surface area contributed by atoms with Gasteiger partial charge in [0.25, 0.3) is 5.56 Å². The molecule has 48 heavy (non-hydrogen) atoms. The predicted molar refractivity (Wildman–Crippen MR) is 183 cm³/mol. The maximum Gasteiger partial charge on any atom is 0.327 e. The number of anilines is 2. The monoisotopic (exact) mass is 653 g/mol. The number of rotatable bonds is 9. The van der Waals surface area contributed by atoms with Crippen LogP contribution < -0.4 is 30.8 Å². The molecular weight excluding hydrogens is 613 g/mol. The van der Waals surface area contributed by atoms with Gasteiger partial charge >= 0.3 is 6.03 Å². The van der Waals surface area contributed by atoms with Crippen LogP contribution in [0.2, 0.25) is 0 Å². The highest BCUT2D eigenvalue weighted by molar-refractivity contribution is 6.03. The zero-order valence-corrected chi connectivity index (χ0v) is 27.0. The third-order valence-corrected chi connectivity index (χ3v) is 9.36. The molecule has 2 atom stereocenters. The molecule has 2 unspecified atom stereocenters. The van der Waals surface area contributed by atoms with Crippen molar-refractivity contribution >= 4 is 34.2 Å². The average Bonchev–Trinajstić information content (AvgIpc) is 3.78. The summed E-state index contributed by atoms with van der Waals surface area (Å²) in [5.41, 5.74) is 1.19. The van der Waals surface area contributed by atoms with Crippen molar-refractivity contribution in [2.45, 2.75) is 44.7 Å². The molecule has 2 aliphatic heterocycles. The van der Waals surface area contributed by atoms with Crippen LogP contribution in [0.25, 0.3) is 10.9 Å². The number of fused-ring (bicyclic) bond motifs is 1. The second-order valence-corrected chi connectivity index (χ2v) is 12.7. The molecule has 3 aromatic carbocycles. The highest BCUT2D eigenvalue weighted by atomic mass is 19.1. The summed E-state index contributed by atoms with van der Waals surface area (Å²) in [6, 6.07) is 18.7. The second-order valence-electron chi connectivity index (χ2n) is 12.7. The van der Waals surface area contributed by atoms with Crippen LogP contribution in [-0.4, -0.2) is 71.9 Å². The van der Waals surface area contributed by atoms with E-state index in [0.29, 0.717) is 72.6 Å². The Morgan fingerprint density at radius 1 is 1.00 bits per heavy atom. The molecular formula is C36H40FN7O4. The number of hydrogen-bond donors (Lipinski definition) is 2. The molecule has 250 valence electrons. The lowest BCUT2D eigenvalue weighted by atomic mass is 10.1. The van der Waals surface area contributed by atoms with E-state index in [0.717, 1.165) is 32.2 Å². The van der Waals surface area contributed by atoms with Crippen LogP contribution >= 0.6 is 0 Å². The number of piperazine rings is 1. The van der Waals surface area contributed by atoms with Crippen LogP contribution in [0.4, 0.5) is 20.6 Å². The summed E-state index contributed by atoms with van der Waals surface area (Å²) in [6.45, 7) is 4.96. The van der Waals surface area contributed by atoms with Crippen LogP contribution in [0, 0.1) is 11.7 Å². The summed E-state index contributed by atoms with van der Waals surface area (Å²) in [5, 5.41) is 8.57. The van der Waals surface area contributed by atoms with Gasteiger partial charge in [-0.05, 0) is 93.6 Å². The smallest absolute Gasteiger partial charge is 0.327 e. The van der Waals surface area contributed by atoms with Crippen LogP contribution in [0.5, 0.6) is 5.75 Å². The normalized spacial score (nSPS) is 18.5. The maximum absolute atomic E-state index is 14.3. The van der Waals surface area contributed by atoms with Crippen LogP contribution in [0.3, 0.4) is 0 Å². The lowest BCUT2D eigenvalue weighted by molar-refractivity contribution is -0.133. The Morgan fingerprint density at radius 2 is 1.73 bits per heavy atom. The molecule has 4 aromatic rings. The molecule has 0 spiro atoms. The number of aromatic nitrogens is 2. The van der Waals surface area contributed by atoms with Crippen LogP contribution in [-0.2, 0) is 4.79 Å². The summed E-state index contributed by atoms with van der Waals surface area (Å²) >= 11 is 0.